The zero-order valence-electron chi connectivity index (χ0n) is 11.6. The fourth-order valence-electron chi connectivity index (χ4n) is 2.88. The summed E-state index contributed by atoms with van der Waals surface area (Å²) in [6.45, 7) is 2.13. The van der Waals surface area contributed by atoms with E-state index in [1.165, 1.54) is 0 Å². The van der Waals surface area contributed by atoms with Crippen molar-refractivity contribution in [1.29, 1.82) is 0 Å². The molecular formula is C17H18N2O. The fourth-order valence-corrected chi connectivity index (χ4v) is 2.88. The van der Waals surface area contributed by atoms with Crippen molar-refractivity contribution in [3.63, 3.8) is 0 Å². The largest absolute Gasteiger partial charge is 0.508 e. The first-order valence-corrected chi connectivity index (χ1v) is 7.03. The third-order valence-corrected chi connectivity index (χ3v) is 3.82. The van der Waals surface area contributed by atoms with Crippen molar-refractivity contribution in [3.05, 3.63) is 42.0 Å². The minimum atomic E-state index is -0.434. The van der Waals surface area contributed by atoms with Crippen LogP contribution in [-0.2, 0) is 6.42 Å². The van der Waals surface area contributed by atoms with Crippen LogP contribution in [0.2, 0.25) is 0 Å². The molecule has 1 aliphatic heterocycles. The van der Waals surface area contributed by atoms with Crippen molar-refractivity contribution < 1.29 is 5.11 Å². The first-order valence-electron chi connectivity index (χ1n) is 7.03. The molecule has 0 amide bonds. The molecule has 3 rings (SSSR count). The molecule has 102 valence electrons. The van der Waals surface area contributed by atoms with Crippen LogP contribution < -0.4 is 0 Å². The molecule has 0 saturated carbocycles. The molecule has 3 nitrogen and oxygen atoms in total. The molecule has 20 heavy (non-hydrogen) atoms. The van der Waals surface area contributed by atoms with Crippen LogP contribution in [0.5, 0.6) is 5.75 Å². The van der Waals surface area contributed by atoms with Gasteiger partial charge in [0.1, 0.15) is 5.75 Å². The van der Waals surface area contributed by atoms with Crippen LogP contribution in [0.15, 0.2) is 46.4 Å². The van der Waals surface area contributed by atoms with Gasteiger partial charge in [-0.15, -0.1) is 0 Å². The number of rotatable bonds is 4. The van der Waals surface area contributed by atoms with Gasteiger partial charge >= 0.3 is 0 Å². The van der Waals surface area contributed by atoms with Gasteiger partial charge in [0.25, 0.3) is 0 Å². The normalized spacial score (nSPS) is 16.1. The molecular weight excluding hydrogens is 248 g/mol. The van der Waals surface area contributed by atoms with Crippen molar-refractivity contribution in [3.8, 4) is 5.75 Å². The Morgan fingerprint density at radius 1 is 1.05 bits per heavy atom. The summed E-state index contributed by atoms with van der Waals surface area (Å²) in [6, 6.07) is 11.8. The van der Waals surface area contributed by atoms with E-state index in [-0.39, 0.29) is 0 Å². The first-order chi connectivity index (χ1) is 9.74. The van der Waals surface area contributed by atoms with Crippen molar-refractivity contribution in [2.24, 2.45) is 9.98 Å². The van der Waals surface area contributed by atoms with E-state index in [1.807, 2.05) is 24.3 Å². The highest BCUT2D eigenvalue weighted by Crippen LogP contribution is 2.34. The highest BCUT2D eigenvalue weighted by molar-refractivity contribution is 6.17. The van der Waals surface area contributed by atoms with Crippen LogP contribution in [0.25, 0.3) is 10.8 Å². The predicted octanol–water partition coefficient (Wildman–Crippen LogP) is 3.74. The second kappa shape index (κ2) is 5.08. The Hall–Kier alpha value is -2.16. The van der Waals surface area contributed by atoms with E-state index in [0.717, 1.165) is 29.2 Å². The number of aliphatic imine (C=N–C) groups is 2. The Morgan fingerprint density at radius 3 is 2.55 bits per heavy atom. The summed E-state index contributed by atoms with van der Waals surface area (Å²) in [5.74, 6) is 0.330. The number of phenolic OH excluding ortho intramolecular Hbond substituents is 1. The van der Waals surface area contributed by atoms with Crippen LogP contribution in [0.4, 0.5) is 0 Å². The van der Waals surface area contributed by atoms with E-state index < -0.39 is 5.66 Å². The second-order valence-electron chi connectivity index (χ2n) is 5.25. The minimum absolute atomic E-state index is 0.330. The molecule has 1 N–H and O–H groups in total. The van der Waals surface area contributed by atoms with Gasteiger partial charge in [-0.3, -0.25) is 9.98 Å². The third kappa shape index (κ3) is 2.20. The van der Waals surface area contributed by atoms with Gasteiger partial charge in [-0.25, -0.2) is 0 Å². The molecule has 2 aromatic carbocycles. The molecule has 0 unspecified atom stereocenters. The number of benzene rings is 2. The lowest BCUT2D eigenvalue weighted by Crippen LogP contribution is -2.25. The number of nitrogens with zero attached hydrogens (tertiary/aromatic N) is 2. The number of fused-ring (bicyclic) bond motifs is 1. The zero-order valence-corrected chi connectivity index (χ0v) is 11.6. The quantitative estimate of drug-likeness (QED) is 0.900. The fraction of sp³-hybridized carbons (Fsp3) is 0.294. The molecule has 1 heterocycles. The Morgan fingerprint density at radius 2 is 1.80 bits per heavy atom. The lowest BCUT2D eigenvalue weighted by molar-refractivity contribution is 0.404. The lowest BCUT2D eigenvalue weighted by Gasteiger charge is -2.24. The topological polar surface area (TPSA) is 45.0 Å². The smallest absolute Gasteiger partial charge is 0.154 e. The molecule has 0 atom stereocenters. The van der Waals surface area contributed by atoms with E-state index in [2.05, 4.69) is 23.0 Å². The average molecular weight is 266 g/mol. The highest BCUT2D eigenvalue weighted by atomic mass is 16.3. The second-order valence-corrected chi connectivity index (χ2v) is 5.25. The van der Waals surface area contributed by atoms with Crippen LogP contribution >= 0.6 is 0 Å². The Kier molecular flexibility index (Phi) is 3.26. The van der Waals surface area contributed by atoms with E-state index in [9.17, 15) is 5.11 Å². The zero-order chi connectivity index (χ0) is 14.0. The number of hydrogen-bond acceptors (Lipinski definition) is 3. The van der Waals surface area contributed by atoms with E-state index >= 15 is 0 Å². The SMILES string of the molecule is CCCC1(Cc2c(O)ccc3ccccc23)N=CC=N1. The summed E-state index contributed by atoms with van der Waals surface area (Å²) >= 11 is 0. The molecule has 1 aliphatic rings. The Bertz CT molecular complexity index is 676. The summed E-state index contributed by atoms with van der Waals surface area (Å²) in [5.41, 5.74) is 0.504. The van der Waals surface area contributed by atoms with Crippen LogP contribution in [-0.4, -0.2) is 23.2 Å². The minimum Gasteiger partial charge on any atom is -0.508 e. The molecule has 0 radical (unpaired) electrons. The molecule has 0 saturated heterocycles. The van der Waals surface area contributed by atoms with Crippen LogP contribution in [0.3, 0.4) is 0 Å². The lowest BCUT2D eigenvalue weighted by atomic mass is 9.92. The number of hydrogen-bond donors (Lipinski definition) is 1. The molecule has 2 aromatic rings. The monoisotopic (exact) mass is 266 g/mol. The molecule has 0 bridgehead atoms. The molecule has 0 aliphatic carbocycles. The summed E-state index contributed by atoms with van der Waals surface area (Å²) in [5, 5.41) is 12.5. The van der Waals surface area contributed by atoms with Gasteiger partial charge < -0.3 is 5.11 Å². The Balaban J connectivity index is 2.08. The van der Waals surface area contributed by atoms with Crippen molar-refractivity contribution in [2.75, 3.05) is 0 Å². The van der Waals surface area contributed by atoms with Gasteiger partial charge in [-0.1, -0.05) is 43.7 Å². The van der Waals surface area contributed by atoms with Crippen molar-refractivity contribution in [2.45, 2.75) is 31.8 Å². The maximum absolute atomic E-state index is 10.2. The predicted molar refractivity (Wildman–Crippen MR) is 83.9 cm³/mol. The number of phenols is 1. The van der Waals surface area contributed by atoms with Crippen molar-refractivity contribution >= 4 is 23.2 Å². The maximum atomic E-state index is 10.2. The molecule has 0 fully saturated rings. The summed E-state index contributed by atoms with van der Waals surface area (Å²) in [7, 11) is 0. The van der Waals surface area contributed by atoms with Gasteiger partial charge in [0.2, 0.25) is 0 Å². The van der Waals surface area contributed by atoms with Crippen molar-refractivity contribution in [1.82, 2.24) is 0 Å². The van der Waals surface area contributed by atoms with E-state index in [0.29, 0.717) is 12.2 Å². The first kappa shape index (κ1) is 12.9. The highest BCUT2D eigenvalue weighted by Gasteiger charge is 2.30. The summed E-state index contributed by atoms with van der Waals surface area (Å²) in [4.78, 5) is 9.08. The van der Waals surface area contributed by atoms with Gasteiger partial charge in [0, 0.05) is 24.4 Å². The summed E-state index contributed by atoms with van der Waals surface area (Å²) in [6.07, 6.45) is 6.07. The van der Waals surface area contributed by atoms with E-state index in [4.69, 9.17) is 0 Å². The van der Waals surface area contributed by atoms with Gasteiger partial charge in [-0.05, 0) is 23.3 Å². The molecule has 0 spiro atoms. The average Bonchev–Trinajstić information content (AvgIpc) is 2.91. The third-order valence-electron chi connectivity index (χ3n) is 3.82. The van der Waals surface area contributed by atoms with E-state index in [1.54, 1.807) is 18.5 Å². The van der Waals surface area contributed by atoms with Crippen LogP contribution in [0, 0.1) is 0 Å². The Labute approximate surface area is 118 Å². The summed E-state index contributed by atoms with van der Waals surface area (Å²) < 4.78 is 0. The number of aromatic hydroxyl groups is 1. The molecule has 3 heteroatoms. The van der Waals surface area contributed by atoms with Crippen LogP contribution in [0.1, 0.15) is 25.3 Å². The molecule has 0 aromatic heterocycles. The van der Waals surface area contributed by atoms with Gasteiger partial charge in [-0.2, -0.15) is 0 Å². The maximum Gasteiger partial charge on any atom is 0.154 e. The van der Waals surface area contributed by atoms with Gasteiger partial charge in [0.15, 0.2) is 5.66 Å². The standard InChI is InChI=1S/C17H18N2O/c1-2-9-17(18-10-11-19-17)12-15-14-6-4-3-5-13(14)7-8-16(15)20/h3-8,10-11,20H,2,9,12H2,1H3. The van der Waals surface area contributed by atoms with Gasteiger partial charge in [0.05, 0.1) is 0 Å².